The molecule has 6 nitrogen and oxygen atoms in total. The van der Waals surface area contributed by atoms with E-state index in [0.717, 1.165) is 24.0 Å². The Balaban J connectivity index is 2.44. The average Bonchev–Trinajstić information content (AvgIpc) is 2.67. The molecule has 3 rings (SSSR count). The lowest BCUT2D eigenvalue weighted by atomic mass is 9.77. The summed E-state index contributed by atoms with van der Waals surface area (Å²) in [6.45, 7) is 4.38. The first kappa shape index (κ1) is 20.0. The standard InChI is InChI=1S/C22H28O6/c1-11-7-13-9-15(25-3)21(27-5)19(23)17(13)18-14(8-12(11)2)10-16(26-4)22(28-6)20(18)24/h9-12,23-24H,7-8H2,1-6H3/t11-,12-/m1/s1. The number of ether oxygens (including phenoxy) is 4. The van der Waals surface area contributed by atoms with Gasteiger partial charge >= 0.3 is 0 Å². The van der Waals surface area contributed by atoms with Gasteiger partial charge in [0.05, 0.1) is 28.4 Å². The molecule has 0 aliphatic heterocycles. The minimum atomic E-state index is -0.0534. The Morgan fingerprint density at radius 1 is 0.679 bits per heavy atom. The highest BCUT2D eigenvalue weighted by Crippen LogP contribution is 2.54. The van der Waals surface area contributed by atoms with Crippen molar-refractivity contribution in [3.05, 3.63) is 23.3 Å². The molecule has 28 heavy (non-hydrogen) atoms. The van der Waals surface area contributed by atoms with E-state index in [9.17, 15) is 10.2 Å². The van der Waals surface area contributed by atoms with Crippen LogP contribution in [0.25, 0.3) is 11.1 Å². The van der Waals surface area contributed by atoms with Crippen LogP contribution in [0.5, 0.6) is 34.5 Å². The highest BCUT2D eigenvalue weighted by atomic mass is 16.5. The maximum atomic E-state index is 11.1. The number of hydrogen-bond acceptors (Lipinski definition) is 6. The number of phenolic OH excluding ortho intramolecular Hbond substituents is 2. The second-order valence-corrected chi connectivity index (χ2v) is 7.35. The Morgan fingerprint density at radius 2 is 1.04 bits per heavy atom. The predicted octanol–water partition coefficient (Wildman–Crippen LogP) is 4.17. The lowest BCUT2D eigenvalue weighted by Gasteiger charge is -2.29. The summed E-state index contributed by atoms with van der Waals surface area (Å²) < 4.78 is 21.6. The molecule has 152 valence electrons. The molecule has 0 bridgehead atoms. The molecule has 0 spiro atoms. The highest BCUT2D eigenvalue weighted by molar-refractivity contribution is 5.87. The van der Waals surface area contributed by atoms with Crippen molar-refractivity contribution in [2.75, 3.05) is 28.4 Å². The molecule has 0 amide bonds. The summed E-state index contributed by atoms with van der Waals surface area (Å²) in [5.41, 5.74) is 2.87. The lowest BCUT2D eigenvalue weighted by molar-refractivity contribution is 0.326. The third-order valence-corrected chi connectivity index (χ3v) is 5.76. The second kappa shape index (κ2) is 7.70. The number of aromatic hydroxyl groups is 2. The van der Waals surface area contributed by atoms with E-state index < -0.39 is 0 Å². The molecular formula is C22H28O6. The van der Waals surface area contributed by atoms with Crippen molar-refractivity contribution in [2.24, 2.45) is 11.8 Å². The summed E-state index contributed by atoms with van der Waals surface area (Å²) in [5, 5.41) is 22.2. The van der Waals surface area contributed by atoms with Crippen molar-refractivity contribution in [1.29, 1.82) is 0 Å². The van der Waals surface area contributed by atoms with Crippen molar-refractivity contribution in [2.45, 2.75) is 26.7 Å². The molecule has 6 heteroatoms. The van der Waals surface area contributed by atoms with Gasteiger partial charge in [0.15, 0.2) is 23.0 Å². The summed E-state index contributed by atoms with van der Waals surface area (Å²) in [5.74, 6) is 2.01. The van der Waals surface area contributed by atoms with Crippen molar-refractivity contribution in [3.63, 3.8) is 0 Å². The number of fused-ring (bicyclic) bond motifs is 3. The largest absolute Gasteiger partial charge is 0.504 e. The molecule has 0 radical (unpaired) electrons. The molecule has 2 aromatic carbocycles. The fourth-order valence-corrected chi connectivity index (χ4v) is 4.03. The van der Waals surface area contributed by atoms with Crippen LogP contribution < -0.4 is 18.9 Å². The molecule has 1 aliphatic rings. The average molecular weight is 388 g/mol. The predicted molar refractivity (Wildman–Crippen MR) is 107 cm³/mol. The van der Waals surface area contributed by atoms with Crippen LogP contribution in [0, 0.1) is 11.8 Å². The Morgan fingerprint density at radius 3 is 1.32 bits per heavy atom. The van der Waals surface area contributed by atoms with Crippen molar-refractivity contribution in [3.8, 4) is 45.6 Å². The van der Waals surface area contributed by atoms with Crippen LogP contribution in [0.2, 0.25) is 0 Å². The van der Waals surface area contributed by atoms with Gasteiger partial charge in [0.2, 0.25) is 11.5 Å². The third kappa shape index (κ3) is 3.07. The molecule has 2 N–H and O–H groups in total. The Kier molecular flexibility index (Phi) is 5.49. The van der Waals surface area contributed by atoms with Crippen molar-refractivity contribution in [1.82, 2.24) is 0 Å². The van der Waals surface area contributed by atoms with E-state index >= 15 is 0 Å². The van der Waals surface area contributed by atoms with E-state index in [0.29, 0.717) is 34.5 Å². The second-order valence-electron chi connectivity index (χ2n) is 7.35. The first-order valence-corrected chi connectivity index (χ1v) is 9.31. The van der Waals surface area contributed by atoms with Gasteiger partial charge in [-0.1, -0.05) is 13.8 Å². The van der Waals surface area contributed by atoms with Crippen LogP contribution in [0.15, 0.2) is 12.1 Å². The minimum absolute atomic E-state index is 0.0534. The zero-order valence-corrected chi connectivity index (χ0v) is 17.3. The monoisotopic (exact) mass is 388 g/mol. The van der Waals surface area contributed by atoms with E-state index in [1.807, 2.05) is 12.1 Å². The SMILES string of the molecule is COc1cc2c(c(O)c1OC)-c1c(cc(OC)c(OC)c1O)C[C@@H](C)[C@H](C)C2. The van der Waals surface area contributed by atoms with Crippen LogP contribution in [0.4, 0.5) is 0 Å². The van der Waals surface area contributed by atoms with Crippen LogP contribution in [0.3, 0.4) is 0 Å². The number of phenols is 2. The van der Waals surface area contributed by atoms with Gasteiger partial charge in [0.1, 0.15) is 0 Å². The smallest absolute Gasteiger partial charge is 0.203 e. The van der Waals surface area contributed by atoms with Gasteiger partial charge < -0.3 is 29.2 Å². The topological polar surface area (TPSA) is 77.4 Å². The summed E-state index contributed by atoms with van der Waals surface area (Å²) in [6, 6.07) is 3.75. The van der Waals surface area contributed by atoms with E-state index in [4.69, 9.17) is 18.9 Å². The molecular weight excluding hydrogens is 360 g/mol. The van der Waals surface area contributed by atoms with Crippen LogP contribution in [-0.4, -0.2) is 38.7 Å². The van der Waals surface area contributed by atoms with Gasteiger partial charge in [-0.15, -0.1) is 0 Å². The summed E-state index contributed by atoms with van der Waals surface area (Å²) in [4.78, 5) is 0. The fourth-order valence-electron chi connectivity index (χ4n) is 4.03. The number of benzene rings is 2. The van der Waals surface area contributed by atoms with Gasteiger partial charge in [-0.05, 0) is 47.9 Å². The summed E-state index contributed by atoms with van der Waals surface area (Å²) >= 11 is 0. The number of methoxy groups -OCH3 is 4. The molecule has 0 saturated carbocycles. The first-order valence-electron chi connectivity index (χ1n) is 9.31. The molecule has 0 heterocycles. The minimum Gasteiger partial charge on any atom is -0.504 e. The van der Waals surface area contributed by atoms with Crippen LogP contribution in [0.1, 0.15) is 25.0 Å². The van der Waals surface area contributed by atoms with Gasteiger partial charge in [-0.25, -0.2) is 0 Å². The van der Waals surface area contributed by atoms with E-state index in [2.05, 4.69) is 13.8 Å². The van der Waals surface area contributed by atoms with Gasteiger partial charge in [0, 0.05) is 11.1 Å². The Labute approximate surface area is 165 Å². The maximum absolute atomic E-state index is 11.1. The highest BCUT2D eigenvalue weighted by Gasteiger charge is 2.31. The van der Waals surface area contributed by atoms with Gasteiger partial charge in [-0.2, -0.15) is 0 Å². The first-order chi connectivity index (χ1) is 13.4. The fraction of sp³-hybridized carbons (Fsp3) is 0.455. The lowest BCUT2D eigenvalue weighted by Crippen LogP contribution is -2.17. The molecule has 0 unspecified atom stereocenters. The molecule has 2 aromatic rings. The Hall–Kier alpha value is -2.76. The van der Waals surface area contributed by atoms with Crippen LogP contribution >= 0.6 is 0 Å². The molecule has 0 fully saturated rings. The Bertz CT molecular complexity index is 816. The van der Waals surface area contributed by atoms with E-state index in [1.165, 1.54) is 28.4 Å². The summed E-state index contributed by atoms with van der Waals surface area (Å²) in [7, 11) is 6.04. The van der Waals surface area contributed by atoms with Crippen LogP contribution in [-0.2, 0) is 12.8 Å². The van der Waals surface area contributed by atoms with E-state index in [-0.39, 0.29) is 23.0 Å². The third-order valence-electron chi connectivity index (χ3n) is 5.76. The summed E-state index contributed by atoms with van der Waals surface area (Å²) in [6.07, 6.45) is 1.47. The van der Waals surface area contributed by atoms with Crippen molar-refractivity contribution < 1.29 is 29.2 Å². The number of rotatable bonds is 4. The molecule has 2 atom stereocenters. The van der Waals surface area contributed by atoms with Crippen molar-refractivity contribution >= 4 is 0 Å². The zero-order chi connectivity index (χ0) is 20.6. The molecule has 0 saturated heterocycles. The zero-order valence-electron chi connectivity index (χ0n) is 17.3. The molecule has 0 aromatic heterocycles. The maximum Gasteiger partial charge on any atom is 0.203 e. The quantitative estimate of drug-likeness (QED) is 0.819. The molecule has 1 aliphatic carbocycles. The normalized spacial score (nSPS) is 18.4. The van der Waals surface area contributed by atoms with E-state index in [1.54, 1.807) is 0 Å². The van der Waals surface area contributed by atoms with Gasteiger partial charge in [0.25, 0.3) is 0 Å². The van der Waals surface area contributed by atoms with Gasteiger partial charge in [-0.3, -0.25) is 0 Å². The number of hydrogen-bond donors (Lipinski definition) is 2.